The predicted octanol–water partition coefficient (Wildman–Crippen LogP) is -0.592. The summed E-state index contributed by atoms with van der Waals surface area (Å²) in [4.78, 5) is 0. The smallest absolute Gasteiger partial charge is 0.200 e. The highest BCUT2D eigenvalue weighted by atomic mass is 15.6. The maximum Gasteiger partial charge on any atom is 0.200 e. The Labute approximate surface area is 74.3 Å². The highest BCUT2D eigenvalue weighted by molar-refractivity contribution is 5.41. The fraction of sp³-hybridized carbons (Fsp3) is 0.333. The van der Waals surface area contributed by atoms with Gasteiger partial charge >= 0.3 is 0 Å². The Balaban J connectivity index is 2.37. The zero-order chi connectivity index (χ0) is 9.26. The van der Waals surface area contributed by atoms with Crippen molar-refractivity contribution in [3.63, 3.8) is 0 Å². The summed E-state index contributed by atoms with van der Waals surface area (Å²) in [5.41, 5.74) is 3.62. The van der Waals surface area contributed by atoms with Crippen LogP contribution in [0.25, 0.3) is 5.65 Å². The molecule has 7 heteroatoms. The van der Waals surface area contributed by atoms with Crippen LogP contribution in [0.1, 0.15) is 0 Å². The van der Waals surface area contributed by atoms with Crippen molar-refractivity contribution in [1.82, 2.24) is 30.3 Å². The molecule has 0 aliphatic rings. The van der Waals surface area contributed by atoms with Crippen molar-refractivity contribution >= 4 is 11.5 Å². The zero-order valence-corrected chi connectivity index (χ0v) is 7.34. The number of hydrogen-bond acceptors (Lipinski definition) is 6. The second kappa shape index (κ2) is 2.94. The van der Waals surface area contributed by atoms with Gasteiger partial charge in [-0.1, -0.05) is 0 Å². The summed E-state index contributed by atoms with van der Waals surface area (Å²) in [7, 11) is 3.76. The molecule has 0 saturated heterocycles. The summed E-state index contributed by atoms with van der Waals surface area (Å²) < 4.78 is 1.37. The van der Waals surface area contributed by atoms with Gasteiger partial charge in [0.05, 0.1) is 0 Å². The third-order valence-electron chi connectivity index (χ3n) is 1.41. The lowest BCUT2D eigenvalue weighted by Crippen LogP contribution is -2.20. The van der Waals surface area contributed by atoms with E-state index in [0.29, 0.717) is 11.5 Å². The molecule has 0 bridgehead atoms. The van der Waals surface area contributed by atoms with E-state index < -0.39 is 0 Å². The topological polar surface area (TPSA) is 71.2 Å². The van der Waals surface area contributed by atoms with Gasteiger partial charge in [0.2, 0.25) is 0 Å². The molecule has 0 aromatic carbocycles. The van der Waals surface area contributed by atoms with E-state index in [1.165, 1.54) is 4.63 Å². The Hall–Kier alpha value is -1.76. The molecule has 2 aromatic rings. The van der Waals surface area contributed by atoms with Crippen LogP contribution in [-0.4, -0.2) is 44.4 Å². The molecule has 0 aliphatic carbocycles. The summed E-state index contributed by atoms with van der Waals surface area (Å²) in [6.07, 6.45) is 0. The van der Waals surface area contributed by atoms with Crippen LogP contribution in [0.15, 0.2) is 12.1 Å². The third-order valence-corrected chi connectivity index (χ3v) is 1.41. The van der Waals surface area contributed by atoms with Crippen LogP contribution in [0.2, 0.25) is 0 Å². The first-order valence-corrected chi connectivity index (χ1v) is 3.75. The van der Waals surface area contributed by atoms with Crippen molar-refractivity contribution in [2.24, 2.45) is 0 Å². The molecule has 1 N–H and O–H groups in total. The van der Waals surface area contributed by atoms with Crippen LogP contribution in [0.3, 0.4) is 0 Å². The minimum absolute atomic E-state index is 0.629. The van der Waals surface area contributed by atoms with E-state index >= 15 is 0 Å². The summed E-state index contributed by atoms with van der Waals surface area (Å²) in [6.45, 7) is 0. The van der Waals surface area contributed by atoms with E-state index in [1.54, 1.807) is 11.1 Å². The maximum absolute atomic E-state index is 4.10. The van der Waals surface area contributed by atoms with E-state index in [2.05, 4.69) is 26.0 Å². The Kier molecular flexibility index (Phi) is 1.78. The van der Waals surface area contributed by atoms with Gasteiger partial charge in [-0.2, -0.15) is 0 Å². The van der Waals surface area contributed by atoms with Gasteiger partial charge in [0.1, 0.15) is 0 Å². The van der Waals surface area contributed by atoms with Gasteiger partial charge in [-0.25, -0.2) is 5.01 Å². The number of anilines is 1. The van der Waals surface area contributed by atoms with Crippen LogP contribution < -0.4 is 5.43 Å². The van der Waals surface area contributed by atoms with Crippen molar-refractivity contribution in [3.05, 3.63) is 12.1 Å². The Bertz CT molecular complexity index is 406. The molecule has 2 aromatic heterocycles. The summed E-state index contributed by atoms with van der Waals surface area (Å²) in [6, 6.07) is 3.60. The Morgan fingerprint density at radius 3 is 3.00 bits per heavy atom. The molecule has 2 heterocycles. The number of nitrogens with zero attached hydrogens (tertiary/aromatic N) is 6. The van der Waals surface area contributed by atoms with E-state index in [9.17, 15) is 0 Å². The van der Waals surface area contributed by atoms with E-state index in [-0.39, 0.29) is 0 Å². The maximum atomic E-state index is 4.10. The van der Waals surface area contributed by atoms with Crippen molar-refractivity contribution in [3.8, 4) is 0 Å². The van der Waals surface area contributed by atoms with Crippen LogP contribution in [0, 0.1) is 0 Å². The normalized spacial score (nSPS) is 11.0. The number of hydrazine groups is 1. The van der Waals surface area contributed by atoms with Gasteiger partial charge in [0, 0.05) is 14.1 Å². The van der Waals surface area contributed by atoms with E-state index in [4.69, 9.17) is 0 Å². The molecule has 2 rings (SSSR count). The highest BCUT2D eigenvalue weighted by Gasteiger charge is 1.99. The van der Waals surface area contributed by atoms with Gasteiger partial charge in [-0.3, -0.25) is 0 Å². The van der Waals surface area contributed by atoms with Crippen LogP contribution in [-0.2, 0) is 0 Å². The molecule has 68 valence electrons. The van der Waals surface area contributed by atoms with Crippen molar-refractivity contribution in [1.29, 1.82) is 0 Å². The second-order valence-corrected chi connectivity index (χ2v) is 2.75. The first kappa shape index (κ1) is 7.87. The fourth-order valence-corrected chi connectivity index (χ4v) is 0.938. The standard InChI is InChI=1S/C6H9N7/c1-12(2)8-5-3-4-6-7-10-11-13(6)9-5/h3-4H,1-2H3,(H,8,9). The molecule has 13 heavy (non-hydrogen) atoms. The average Bonchev–Trinajstić information content (AvgIpc) is 2.49. The molecule has 0 fully saturated rings. The molecule has 0 atom stereocenters. The molecule has 0 radical (unpaired) electrons. The minimum Gasteiger partial charge on any atom is -0.302 e. The number of nitrogens with one attached hydrogen (secondary N) is 1. The monoisotopic (exact) mass is 179 g/mol. The number of fused-ring (bicyclic) bond motifs is 1. The largest absolute Gasteiger partial charge is 0.302 e. The highest BCUT2D eigenvalue weighted by Crippen LogP contribution is 2.02. The summed E-state index contributed by atoms with van der Waals surface area (Å²) >= 11 is 0. The molecular formula is C6H9N7. The number of aromatic nitrogens is 5. The fourth-order valence-electron chi connectivity index (χ4n) is 0.938. The second-order valence-electron chi connectivity index (χ2n) is 2.75. The van der Waals surface area contributed by atoms with Gasteiger partial charge in [-0.15, -0.1) is 14.8 Å². The molecule has 7 nitrogen and oxygen atoms in total. The van der Waals surface area contributed by atoms with Gasteiger partial charge < -0.3 is 5.43 Å². The average molecular weight is 179 g/mol. The zero-order valence-electron chi connectivity index (χ0n) is 7.34. The Morgan fingerprint density at radius 2 is 2.23 bits per heavy atom. The SMILES string of the molecule is CN(C)Nc1ccc2nnnn2n1. The molecule has 0 aliphatic heterocycles. The molecule has 0 unspecified atom stereocenters. The summed E-state index contributed by atoms with van der Waals surface area (Å²) in [5.74, 6) is 0.699. The third kappa shape index (κ3) is 1.54. The lowest BCUT2D eigenvalue weighted by molar-refractivity contribution is 0.489. The number of hydrogen-bond donors (Lipinski definition) is 1. The van der Waals surface area contributed by atoms with Crippen LogP contribution in [0.4, 0.5) is 5.82 Å². The van der Waals surface area contributed by atoms with Crippen molar-refractivity contribution < 1.29 is 0 Å². The van der Waals surface area contributed by atoms with Gasteiger partial charge in [0.15, 0.2) is 11.5 Å². The van der Waals surface area contributed by atoms with Gasteiger partial charge in [0.25, 0.3) is 0 Å². The van der Waals surface area contributed by atoms with Crippen molar-refractivity contribution in [2.75, 3.05) is 19.5 Å². The lowest BCUT2D eigenvalue weighted by atomic mass is 10.5. The van der Waals surface area contributed by atoms with Crippen LogP contribution in [0.5, 0.6) is 0 Å². The number of rotatable bonds is 2. The van der Waals surface area contributed by atoms with Crippen molar-refractivity contribution in [2.45, 2.75) is 0 Å². The molecular weight excluding hydrogens is 170 g/mol. The number of tetrazole rings is 1. The molecule has 0 amide bonds. The Morgan fingerprint density at radius 1 is 1.38 bits per heavy atom. The molecule has 0 spiro atoms. The minimum atomic E-state index is 0.629. The first-order valence-electron chi connectivity index (χ1n) is 3.75. The van der Waals surface area contributed by atoms with Crippen LogP contribution >= 0.6 is 0 Å². The first-order chi connectivity index (χ1) is 6.25. The van der Waals surface area contributed by atoms with E-state index in [0.717, 1.165) is 0 Å². The predicted molar refractivity (Wildman–Crippen MR) is 45.9 cm³/mol. The summed E-state index contributed by atoms with van der Waals surface area (Å²) in [5, 5.41) is 16.8. The molecule has 0 saturated carbocycles. The van der Waals surface area contributed by atoms with Gasteiger partial charge in [-0.05, 0) is 22.6 Å². The quantitative estimate of drug-likeness (QED) is 0.621. The van der Waals surface area contributed by atoms with E-state index in [1.807, 2.05) is 20.2 Å². The lowest BCUT2D eigenvalue weighted by Gasteiger charge is -2.11.